The largest absolute Gasteiger partial charge is 0.457 e. The van der Waals surface area contributed by atoms with Crippen LogP contribution in [-0.4, -0.2) is 35.0 Å². The van der Waals surface area contributed by atoms with Gasteiger partial charge in [0.2, 0.25) is 5.91 Å². The molecule has 0 atom stereocenters. The van der Waals surface area contributed by atoms with Gasteiger partial charge in [-0.3, -0.25) is 10.1 Å². The van der Waals surface area contributed by atoms with Crippen LogP contribution in [0.1, 0.15) is 34.5 Å². The van der Waals surface area contributed by atoms with Crippen molar-refractivity contribution in [3.05, 3.63) is 70.2 Å². The highest BCUT2D eigenvalue weighted by Crippen LogP contribution is 2.45. The number of carbonyl (C=O) groups excluding carboxylic acids is 2. The normalized spacial score (nSPS) is 14.7. The van der Waals surface area contributed by atoms with Crippen molar-refractivity contribution in [1.82, 2.24) is 9.88 Å². The lowest BCUT2D eigenvalue weighted by atomic mass is 9.86. The van der Waals surface area contributed by atoms with E-state index in [2.05, 4.69) is 10.3 Å². The monoisotopic (exact) mass is 435 g/mol. The number of amides is 2. The molecule has 31 heavy (non-hydrogen) atoms. The molecule has 2 aliphatic heterocycles. The molecule has 1 N–H and O–H groups in total. The van der Waals surface area contributed by atoms with Gasteiger partial charge in [-0.25, -0.2) is 9.78 Å². The van der Waals surface area contributed by atoms with E-state index in [1.807, 2.05) is 53.4 Å². The molecule has 0 unspecified atom stereocenters. The van der Waals surface area contributed by atoms with Crippen LogP contribution < -0.4 is 10.1 Å². The van der Waals surface area contributed by atoms with Crippen molar-refractivity contribution in [3.8, 4) is 11.5 Å². The zero-order chi connectivity index (χ0) is 21.4. The lowest BCUT2D eigenvalue weighted by molar-refractivity contribution is -0.132. The second-order valence-electron chi connectivity index (χ2n) is 7.35. The van der Waals surface area contributed by atoms with Crippen molar-refractivity contribution in [1.29, 1.82) is 0 Å². The van der Waals surface area contributed by atoms with Gasteiger partial charge < -0.3 is 14.4 Å². The average Bonchev–Trinajstić information content (AvgIpc) is 3.18. The smallest absolute Gasteiger partial charge is 0.413 e. The second kappa shape index (κ2) is 8.03. The maximum atomic E-state index is 13.7. The molecule has 0 saturated carbocycles. The van der Waals surface area contributed by atoms with Crippen molar-refractivity contribution < 1.29 is 19.1 Å². The number of carbonyl (C=O) groups is 2. The molecule has 7 nitrogen and oxygen atoms in total. The van der Waals surface area contributed by atoms with E-state index in [9.17, 15) is 9.59 Å². The molecule has 8 heteroatoms. The molecule has 0 fully saturated rings. The van der Waals surface area contributed by atoms with E-state index in [0.29, 0.717) is 31.2 Å². The number of aromatic nitrogens is 1. The molecule has 2 aliphatic rings. The quantitative estimate of drug-likeness (QED) is 0.654. The van der Waals surface area contributed by atoms with E-state index in [0.717, 1.165) is 33.2 Å². The minimum Gasteiger partial charge on any atom is -0.457 e. The fraction of sp³-hybridized carbons (Fsp3) is 0.261. The lowest BCUT2D eigenvalue weighted by Gasteiger charge is -2.33. The topological polar surface area (TPSA) is 80.8 Å². The Balaban J connectivity index is 1.41. The van der Waals surface area contributed by atoms with Gasteiger partial charge in [-0.05, 0) is 19.1 Å². The predicted octanol–water partition coefficient (Wildman–Crippen LogP) is 4.53. The minimum atomic E-state index is -0.517. The standard InChI is InChI=1S/C23H21N3O4S/c1-2-29-23(28)25-22-24-16-11-12-26(13-19(16)31-22)21(27)20-14-7-3-5-9-17(14)30-18-10-6-4-8-15(18)20/h3-10,20H,2,11-13H2,1H3,(H,24,25,28). The maximum absolute atomic E-state index is 13.7. The SMILES string of the molecule is CCOC(=O)Nc1nc2c(s1)CN(C(=O)C1c3ccccc3Oc3ccccc31)CC2. The molecule has 1 aromatic heterocycles. The number of nitrogens with zero attached hydrogens (tertiary/aromatic N) is 2. The number of ether oxygens (including phenoxy) is 2. The zero-order valence-corrected chi connectivity index (χ0v) is 17.8. The van der Waals surface area contributed by atoms with Crippen LogP contribution >= 0.6 is 11.3 Å². The van der Waals surface area contributed by atoms with Gasteiger partial charge in [-0.1, -0.05) is 47.7 Å². The first kappa shape index (κ1) is 19.6. The van der Waals surface area contributed by atoms with E-state index in [1.165, 1.54) is 11.3 Å². The first-order chi connectivity index (χ1) is 15.1. The van der Waals surface area contributed by atoms with E-state index < -0.39 is 12.0 Å². The Bertz CT molecular complexity index is 1110. The first-order valence-electron chi connectivity index (χ1n) is 10.2. The van der Waals surface area contributed by atoms with Crippen LogP contribution in [0.3, 0.4) is 0 Å². The molecule has 5 rings (SSSR count). The Labute approximate surface area is 183 Å². The first-order valence-corrected chi connectivity index (χ1v) is 11.0. The summed E-state index contributed by atoms with van der Waals surface area (Å²) in [6.07, 6.45) is 0.131. The fourth-order valence-corrected chi connectivity index (χ4v) is 5.06. The highest BCUT2D eigenvalue weighted by atomic mass is 32.1. The third kappa shape index (κ3) is 3.63. The predicted molar refractivity (Wildman–Crippen MR) is 117 cm³/mol. The minimum absolute atomic E-state index is 0.0437. The number of nitrogens with one attached hydrogen (secondary N) is 1. The molecule has 2 aromatic carbocycles. The molecule has 3 heterocycles. The van der Waals surface area contributed by atoms with Crippen molar-refractivity contribution in [2.24, 2.45) is 0 Å². The number of fused-ring (bicyclic) bond motifs is 3. The second-order valence-corrected chi connectivity index (χ2v) is 8.44. The Hall–Kier alpha value is -3.39. The number of para-hydroxylation sites is 2. The molecule has 0 saturated heterocycles. The third-order valence-electron chi connectivity index (χ3n) is 5.45. The van der Waals surface area contributed by atoms with Crippen molar-refractivity contribution in [3.63, 3.8) is 0 Å². The molecule has 158 valence electrons. The molecule has 0 bridgehead atoms. The zero-order valence-electron chi connectivity index (χ0n) is 17.0. The lowest BCUT2D eigenvalue weighted by Crippen LogP contribution is -2.39. The molecule has 3 aromatic rings. The summed E-state index contributed by atoms with van der Waals surface area (Å²) >= 11 is 1.39. The van der Waals surface area contributed by atoms with Crippen LogP contribution in [0.5, 0.6) is 11.5 Å². The molecular formula is C23H21N3O4S. The number of thiazole rings is 1. The summed E-state index contributed by atoms with van der Waals surface area (Å²) < 4.78 is 11.0. The van der Waals surface area contributed by atoms with Gasteiger partial charge in [0.25, 0.3) is 0 Å². The molecule has 0 spiro atoms. The highest BCUT2D eigenvalue weighted by Gasteiger charge is 2.36. The van der Waals surface area contributed by atoms with Gasteiger partial charge in [0.1, 0.15) is 11.5 Å². The van der Waals surface area contributed by atoms with E-state index in [-0.39, 0.29) is 5.91 Å². The molecule has 2 amide bonds. The van der Waals surface area contributed by atoms with Crippen molar-refractivity contribution >= 4 is 28.5 Å². The van der Waals surface area contributed by atoms with Gasteiger partial charge in [-0.15, -0.1) is 0 Å². The van der Waals surface area contributed by atoms with Crippen molar-refractivity contribution in [2.45, 2.75) is 25.8 Å². The fourth-order valence-electron chi connectivity index (χ4n) is 4.05. The maximum Gasteiger partial charge on any atom is 0.413 e. The highest BCUT2D eigenvalue weighted by molar-refractivity contribution is 7.15. The Kier molecular flexibility index (Phi) is 5.07. The van der Waals surface area contributed by atoms with Gasteiger partial charge in [0.15, 0.2) is 5.13 Å². The average molecular weight is 436 g/mol. The summed E-state index contributed by atoms with van der Waals surface area (Å²) in [7, 11) is 0. The van der Waals surface area contributed by atoms with Crippen molar-refractivity contribution in [2.75, 3.05) is 18.5 Å². The van der Waals surface area contributed by atoms with Crippen LogP contribution in [0.25, 0.3) is 0 Å². The van der Waals surface area contributed by atoms with Crippen LogP contribution in [0.4, 0.5) is 9.93 Å². The summed E-state index contributed by atoms with van der Waals surface area (Å²) in [5.41, 5.74) is 2.69. The van der Waals surface area contributed by atoms with Gasteiger partial charge in [0.05, 0.1) is 24.8 Å². The van der Waals surface area contributed by atoms with E-state index in [1.54, 1.807) is 6.92 Å². The van der Waals surface area contributed by atoms with Crippen LogP contribution in [0, 0.1) is 0 Å². The number of anilines is 1. The van der Waals surface area contributed by atoms with E-state index >= 15 is 0 Å². The van der Waals surface area contributed by atoms with E-state index in [4.69, 9.17) is 9.47 Å². The Morgan fingerprint density at radius 3 is 2.52 bits per heavy atom. The summed E-state index contributed by atoms with van der Waals surface area (Å²) in [4.78, 5) is 32.8. The van der Waals surface area contributed by atoms with Crippen LogP contribution in [-0.2, 0) is 22.5 Å². The summed E-state index contributed by atoms with van der Waals surface area (Å²) in [6, 6.07) is 15.4. The number of hydrogen-bond donors (Lipinski definition) is 1. The third-order valence-corrected chi connectivity index (χ3v) is 6.45. The molecule has 0 aliphatic carbocycles. The van der Waals surface area contributed by atoms with Crippen LogP contribution in [0.15, 0.2) is 48.5 Å². The molecule has 0 radical (unpaired) electrons. The summed E-state index contributed by atoms with van der Waals surface area (Å²) in [6.45, 7) is 3.10. The summed E-state index contributed by atoms with van der Waals surface area (Å²) in [5.74, 6) is 1.07. The Morgan fingerprint density at radius 1 is 1.16 bits per heavy atom. The van der Waals surface area contributed by atoms with Crippen LogP contribution in [0.2, 0.25) is 0 Å². The summed E-state index contributed by atoms with van der Waals surface area (Å²) in [5, 5.41) is 3.16. The molecular weight excluding hydrogens is 414 g/mol. The van der Waals surface area contributed by atoms with Gasteiger partial charge in [0, 0.05) is 29.0 Å². The Morgan fingerprint density at radius 2 is 1.84 bits per heavy atom. The van der Waals surface area contributed by atoms with Gasteiger partial charge in [-0.2, -0.15) is 0 Å². The number of benzene rings is 2. The number of rotatable bonds is 3. The number of hydrogen-bond acceptors (Lipinski definition) is 6. The van der Waals surface area contributed by atoms with Gasteiger partial charge >= 0.3 is 6.09 Å².